The summed E-state index contributed by atoms with van der Waals surface area (Å²) in [6.45, 7) is 0.885. The summed E-state index contributed by atoms with van der Waals surface area (Å²) in [5.74, 6) is 0. The first-order chi connectivity index (χ1) is 10.4. The molecule has 0 aliphatic carbocycles. The molecule has 2 amide bonds. The molecule has 0 saturated carbocycles. The number of benzene rings is 2. The topological polar surface area (TPSA) is 23.6 Å². The van der Waals surface area contributed by atoms with Crippen LogP contribution in [0.15, 0.2) is 60.7 Å². The summed E-state index contributed by atoms with van der Waals surface area (Å²) >= 11 is 0. The monoisotopic (exact) mass is 278 g/mol. The van der Waals surface area contributed by atoms with Gasteiger partial charge in [0, 0.05) is 12.2 Å². The second-order valence-electron chi connectivity index (χ2n) is 5.75. The van der Waals surface area contributed by atoms with E-state index in [9.17, 15) is 4.79 Å². The number of amides is 2. The van der Waals surface area contributed by atoms with E-state index < -0.39 is 0 Å². The molecule has 3 heteroatoms. The highest BCUT2D eigenvalue weighted by molar-refractivity contribution is 5.96. The third kappa shape index (κ3) is 1.92. The van der Waals surface area contributed by atoms with Gasteiger partial charge in [-0.2, -0.15) is 0 Å². The molecule has 4 rings (SSSR count). The SMILES string of the molecule is O=C1N2CCC[C@@H]2[C@@H](c2ccccc2)N1c1ccccc1. The van der Waals surface area contributed by atoms with Gasteiger partial charge in [0.2, 0.25) is 0 Å². The number of fused-ring (bicyclic) bond motifs is 1. The van der Waals surface area contributed by atoms with E-state index in [2.05, 4.69) is 24.3 Å². The molecule has 0 radical (unpaired) electrons. The lowest BCUT2D eigenvalue weighted by Crippen LogP contribution is -2.32. The fraction of sp³-hybridized carbons (Fsp3) is 0.278. The third-order valence-electron chi connectivity index (χ3n) is 4.57. The highest BCUT2D eigenvalue weighted by Crippen LogP contribution is 2.43. The minimum atomic E-state index is 0.128. The Morgan fingerprint density at radius 2 is 1.57 bits per heavy atom. The second kappa shape index (κ2) is 4.92. The second-order valence-corrected chi connectivity index (χ2v) is 5.75. The Balaban J connectivity index is 1.81. The summed E-state index contributed by atoms with van der Waals surface area (Å²) < 4.78 is 0. The Hall–Kier alpha value is -2.29. The minimum absolute atomic E-state index is 0.128. The zero-order valence-electron chi connectivity index (χ0n) is 11.9. The van der Waals surface area contributed by atoms with Crippen LogP contribution in [0.25, 0.3) is 0 Å². The number of rotatable bonds is 2. The Bertz CT molecular complexity index is 641. The van der Waals surface area contributed by atoms with Crippen LogP contribution in [-0.4, -0.2) is 23.5 Å². The predicted molar refractivity (Wildman–Crippen MR) is 83.2 cm³/mol. The summed E-state index contributed by atoms with van der Waals surface area (Å²) in [7, 11) is 0. The van der Waals surface area contributed by atoms with Gasteiger partial charge in [0.15, 0.2) is 0 Å². The number of carbonyl (C=O) groups is 1. The average Bonchev–Trinajstić information content (AvgIpc) is 3.11. The molecule has 2 aromatic rings. The first-order valence-electron chi connectivity index (χ1n) is 7.56. The highest BCUT2D eigenvalue weighted by atomic mass is 16.2. The highest BCUT2D eigenvalue weighted by Gasteiger charge is 2.48. The van der Waals surface area contributed by atoms with Crippen molar-refractivity contribution >= 4 is 11.7 Å². The van der Waals surface area contributed by atoms with E-state index in [1.165, 1.54) is 5.56 Å². The van der Waals surface area contributed by atoms with Gasteiger partial charge in [0.05, 0.1) is 12.1 Å². The van der Waals surface area contributed by atoms with Crippen LogP contribution in [0, 0.1) is 0 Å². The smallest absolute Gasteiger partial charge is 0.319 e. The van der Waals surface area contributed by atoms with Crippen LogP contribution in [0.2, 0.25) is 0 Å². The number of para-hydroxylation sites is 1. The fourth-order valence-corrected chi connectivity index (χ4v) is 3.67. The lowest BCUT2D eigenvalue weighted by atomic mass is 9.97. The molecule has 0 aromatic heterocycles. The Labute approximate surface area is 124 Å². The van der Waals surface area contributed by atoms with Gasteiger partial charge < -0.3 is 4.90 Å². The van der Waals surface area contributed by atoms with Crippen molar-refractivity contribution in [3.63, 3.8) is 0 Å². The Morgan fingerprint density at radius 1 is 0.905 bits per heavy atom. The largest absolute Gasteiger partial charge is 0.325 e. The lowest BCUT2D eigenvalue weighted by Gasteiger charge is -2.26. The van der Waals surface area contributed by atoms with Crippen LogP contribution in [0.5, 0.6) is 0 Å². The van der Waals surface area contributed by atoms with E-state index in [4.69, 9.17) is 0 Å². The van der Waals surface area contributed by atoms with Crippen molar-refractivity contribution in [2.75, 3.05) is 11.4 Å². The molecule has 21 heavy (non-hydrogen) atoms. The Kier molecular flexibility index (Phi) is 2.92. The normalized spacial score (nSPS) is 24.5. The van der Waals surface area contributed by atoms with Gasteiger partial charge in [-0.15, -0.1) is 0 Å². The molecule has 106 valence electrons. The molecular weight excluding hydrogens is 260 g/mol. The quantitative estimate of drug-likeness (QED) is 0.819. The van der Waals surface area contributed by atoms with Crippen LogP contribution in [-0.2, 0) is 0 Å². The summed E-state index contributed by atoms with van der Waals surface area (Å²) in [6.07, 6.45) is 2.21. The molecule has 0 unspecified atom stereocenters. The summed E-state index contributed by atoms with van der Waals surface area (Å²) in [6, 6.07) is 21.0. The number of anilines is 1. The first kappa shape index (κ1) is 12.5. The molecule has 3 nitrogen and oxygen atoms in total. The van der Waals surface area contributed by atoms with E-state index in [0.717, 1.165) is 25.1 Å². The van der Waals surface area contributed by atoms with Crippen molar-refractivity contribution in [3.8, 4) is 0 Å². The van der Waals surface area contributed by atoms with Crippen molar-refractivity contribution in [2.45, 2.75) is 24.9 Å². The molecule has 2 aliphatic heterocycles. The maximum absolute atomic E-state index is 12.8. The van der Waals surface area contributed by atoms with Crippen molar-refractivity contribution in [1.29, 1.82) is 0 Å². The van der Waals surface area contributed by atoms with Gasteiger partial charge in [0.25, 0.3) is 0 Å². The van der Waals surface area contributed by atoms with Crippen molar-refractivity contribution < 1.29 is 4.79 Å². The molecular formula is C18H18N2O. The molecule has 2 atom stereocenters. The standard InChI is InChI=1S/C18H18N2O/c21-18-19-13-7-12-16(19)17(14-8-3-1-4-9-14)20(18)15-10-5-2-6-11-15/h1-6,8-11,16-17H,7,12-13H2/t16-,17-/m1/s1. The van der Waals surface area contributed by atoms with E-state index in [1.54, 1.807) is 0 Å². The van der Waals surface area contributed by atoms with Crippen LogP contribution < -0.4 is 4.90 Å². The molecule has 0 bridgehead atoms. The molecule has 0 N–H and O–H groups in total. The number of urea groups is 1. The van der Waals surface area contributed by atoms with E-state index in [1.807, 2.05) is 46.2 Å². The molecule has 2 fully saturated rings. The van der Waals surface area contributed by atoms with Crippen molar-refractivity contribution in [3.05, 3.63) is 66.2 Å². The number of hydrogen-bond acceptors (Lipinski definition) is 1. The first-order valence-corrected chi connectivity index (χ1v) is 7.56. The predicted octanol–water partition coefficient (Wildman–Crippen LogP) is 3.83. The Morgan fingerprint density at radius 3 is 2.29 bits per heavy atom. The van der Waals surface area contributed by atoms with Gasteiger partial charge in [-0.25, -0.2) is 4.79 Å². The lowest BCUT2D eigenvalue weighted by molar-refractivity contribution is 0.218. The van der Waals surface area contributed by atoms with Crippen molar-refractivity contribution in [2.24, 2.45) is 0 Å². The minimum Gasteiger partial charge on any atom is -0.319 e. The maximum Gasteiger partial charge on any atom is 0.325 e. The van der Waals surface area contributed by atoms with E-state index >= 15 is 0 Å². The number of nitrogens with zero attached hydrogens (tertiary/aromatic N) is 2. The van der Waals surface area contributed by atoms with E-state index in [0.29, 0.717) is 6.04 Å². The van der Waals surface area contributed by atoms with Crippen LogP contribution in [0.1, 0.15) is 24.4 Å². The summed E-state index contributed by atoms with van der Waals surface area (Å²) in [5.41, 5.74) is 2.22. The summed E-state index contributed by atoms with van der Waals surface area (Å²) in [4.78, 5) is 16.8. The molecule has 2 aromatic carbocycles. The molecule has 2 heterocycles. The van der Waals surface area contributed by atoms with Crippen LogP contribution >= 0.6 is 0 Å². The number of hydrogen-bond donors (Lipinski definition) is 0. The van der Waals surface area contributed by atoms with Gasteiger partial charge in [-0.3, -0.25) is 4.90 Å². The molecule has 0 spiro atoms. The third-order valence-corrected chi connectivity index (χ3v) is 4.57. The van der Waals surface area contributed by atoms with Crippen LogP contribution in [0.4, 0.5) is 10.5 Å². The summed E-state index contributed by atoms with van der Waals surface area (Å²) in [5, 5.41) is 0. The van der Waals surface area contributed by atoms with Gasteiger partial charge in [-0.1, -0.05) is 48.5 Å². The average molecular weight is 278 g/mol. The van der Waals surface area contributed by atoms with Gasteiger partial charge in [0.1, 0.15) is 0 Å². The number of carbonyl (C=O) groups excluding carboxylic acids is 1. The maximum atomic E-state index is 12.8. The van der Waals surface area contributed by atoms with E-state index in [-0.39, 0.29) is 12.1 Å². The molecule has 2 aliphatic rings. The molecule has 2 saturated heterocycles. The van der Waals surface area contributed by atoms with Gasteiger partial charge >= 0.3 is 6.03 Å². The van der Waals surface area contributed by atoms with Crippen molar-refractivity contribution in [1.82, 2.24) is 4.90 Å². The zero-order chi connectivity index (χ0) is 14.2. The zero-order valence-corrected chi connectivity index (χ0v) is 11.9. The van der Waals surface area contributed by atoms with Gasteiger partial charge in [-0.05, 0) is 30.5 Å². The fourth-order valence-electron chi connectivity index (χ4n) is 3.67. The van der Waals surface area contributed by atoms with Crippen LogP contribution in [0.3, 0.4) is 0 Å².